The van der Waals surface area contributed by atoms with E-state index in [1.807, 2.05) is 0 Å². The van der Waals surface area contributed by atoms with Gasteiger partial charge in [0.15, 0.2) is 0 Å². The Balaban J connectivity index is 2.77. The second-order valence-electron chi connectivity index (χ2n) is 1.45. The van der Waals surface area contributed by atoms with Crippen LogP contribution in [0.2, 0.25) is 0 Å². The van der Waals surface area contributed by atoms with Gasteiger partial charge in [0, 0.05) is 0 Å². The fraction of sp³-hybridized carbons (Fsp3) is 0.500. The molecule has 0 fully saturated rings. The Morgan fingerprint density at radius 3 is 2.75 bits per heavy atom. The maximum Gasteiger partial charge on any atom is 0.137 e. The topological polar surface area (TPSA) is 30.7 Å². The van der Waals surface area contributed by atoms with Crippen LogP contribution in [0.15, 0.2) is 12.7 Å². The zero-order chi connectivity index (χ0) is 5.98. The van der Waals surface area contributed by atoms with E-state index in [-0.39, 0.29) is 0 Å². The summed E-state index contributed by atoms with van der Waals surface area (Å²) >= 11 is 2.27. The summed E-state index contributed by atoms with van der Waals surface area (Å²) in [6.45, 7) is 2.05. The first-order valence-corrected chi connectivity index (χ1v) is 3.53. The minimum atomic E-state index is 0.398. The van der Waals surface area contributed by atoms with E-state index >= 15 is 0 Å². The molecule has 0 radical (unpaired) electrons. The molecule has 1 atom stereocenters. The number of aromatic nitrogens is 3. The second-order valence-corrected chi connectivity index (χ2v) is 3.25. The molecule has 0 N–H and O–H groups in total. The molecule has 0 aliphatic carbocycles. The van der Waals surface area contributed by atoms with Crippen LogP contribution in [0.5, 0.6) is 0 Å². The molecule has 0 saturated carbocycles. The highest BCUT2D eigenvalue weighted by Crippen LogP contribution is 2.09. The summed E-state index contributed by atoms with van der Waals surface area (Å²) < 4.78 is 2.19. The van der Waals surface area contributed by atoms with Crippen molar-refractivity contribution < 1.29 is 0 Å². The van der Waals surface area contributed by atoms with E-state index in [9.17, 15) is 0 Å². The second kappa shape index (κ2) is 2.43. The first kappa shape index (κ1) is 6.00. The van der Waals surface area contributed by atoms with Crippen LogP contribution in [0.4, 0.5) is 0 Å². The van der Waals surface area contributed by atoms with Gasteiger partial charge in [0.05, 0.1) is 0 Å². The minimum Gasteiger partial charge on any atom is -0.240 e. The highest BCUT2D eigenvalue weighted by molar-refractivity contribution is 14.1. The molecule has 44 valence electrons. The zero-order valence-corrected chi connectivity index (χ0v) is 6.61. The van der Waals surface area contributed by atoms with Crippen LogP contribution < -0.4 is 0 Å². The SMILES string of the molecule is CC(I)n1cncn1. The summed E-state index contributed by atoms with van der Waals surface area (Å²) in [5.41, 5.74) is 0. The zero-order valence-electron chi connectivity index (χ0n) is 4.45. The van der Waals surface area contributed by atoms with E-state index in [1.165, 1.54) is 6.33 Å². The molecule has 8 heavy (non-hydrogen) atoms. The predicted octanol–water partition coefficient (Wildman–Crippen LogP) is 1.23. The summed E-state index contributed by atoms with van der Waals surface area (Å²) in [6.07, 6.45) is 3.24. The molecule has 1 heterocycles. The highest BCUT2D eigenvalue weighted by atomic mass is 127. The molecule has 0 spiro atoms. The van der Waals surface area contributed by atoms with Crippen molar-refractivity contribution in [3.63, 3.8) is 0 Å². The van der Waals surface area contributed by atoms with Crippen molar-refractivity contribution in [2.75, 3.05) is 0 Å². The van der Waals surface area contributed by atoms with Gasteiger partial charge < -0.3 is 0 Å². The molecular formula is C4H6IN3. The third-order valence-electron chi connectivity index (χ3n) is 0.801. The number of rotatable bonds is 1. The Bertz CT molecular complexity index is 146. The average molecular weight is 223 g/mol. The van der Waals surface area contributed by atoms with E-state index < -0.39 is 0 Å². The molecule has 1 rings (SSSR count). The van der Waals surface area contributed by atoms with Gasteiger partial charge in [-0.2, -0.15) is 5.10 Å². The molecule has 3 nitrogen and oxygen atoms in total. The van der Waals surface area contributed by atoms with Crippen molar-refractivity contribution in [3.05, 3.63) is 12.7 Å². The van der Waals surface area contributed by atoms with Crippen molar-refractivity contribution in [2.24, 2.45) is 0 Å². The molecule has 1 aromatic heterocycles. The molecular weight excluding hydrogens is 217 g/mol. The lowest BCUT2D eigenvalue weighted by Gasteiger charge is -1.98. The summed E-state index contributed by atoms with van der Waals surface area (Å²) in [7, 11) is 0. The number of halogens is 1. The molecule has 4 heteroatoms. The lowest BCUT2D eigenvalue weighted by atomic mass is 10.8. The fourth-order valence-electron chi connectivity index (χ4n) is 0.401. The quantitative estimate of drug-likeness (QED) is 0.529. The maximum atomic E-state index is 3.91. The molecule has 0 aliphatic heterocycles. The Hall–Kier alpha value is -0.130. The van der Waals surface area contributed by atoms with Crippen LogP contribution in [-0.4, -0.2) is 14.8 Å². The van der Waals surface area contributed by atoms with E-state index in [2.05, 4.69) is 39.6 Å². The number of hydrogen-bond donors (Lipinski definition) is 0. The average Bonchev–Trinajstić information content (AvgIpc) is 2.12. The normalized spacial score (nSPS) is 13.8. The molecule has 1 aromatic rings. The lowest BCUT2D eigenvalue weighted by Crippen LogP contribution is -1.96. The number of alkyl halides is 1. The smallest absolute Gasteiger partial charge is 0.137 e. The Kier molecular flexibility index (Phi) is 1.82. The van der Waals surface area contributed by atoms with Gasteiger partial charge in [-0.25, -0.2) is 9.67 Å². The molecule has 0 saturated heterocycles. The van der Waals surface area contributed by atoms with E-state index in [0.717, 1.165) is 0 Å². The Morgan fingerprint density at radius 1 is 1.75 bits per heavy atom. The van der Waals surface area contributed by atoms with Gasteiger partial charge in [-0.15, -0.1) is 0 Å². The van der Waals surface area contributed by atoms with Gasteiger partial charge in [0.2, 0.25) is 0 Å². The molecule has 0 amide bonds. The van der Waals surface area contributed by atoms with Gasteiger partial charge in [-0.3, -0.25) is 0 Å². The number of hydrogen-bond acceptors (Lipinski definition) is 2. The van der Waals surface area contributed by atoms with Crippen LogP contribution in [0.25, 0.3) is 0 Å². The summed E-state index contributed by atoms with van der Waals surface area (Å²) in [6, 6.07) is 0. The number of nitrogens with zero attached hydrogens (tertiary/aromatic N) is 3. The van der Waals surface area contributed by atoms with Crippen LogP contribution in [0.3, 0.4) is 0 Å². The molecule has 1 unspecified atom stereocenters. The standard InChI is InChI=1S/C4H6IN3/c1-4(5)8-3-6-2-7-8/h2-4H,1H3. The van der Waals surface area contributed by atoms with E-state index in [1.54, 1.807) is 11.0 Å². The van der Waals surface area contributed by atoms with Gasteiger partial charge in [0.25, 0.3) is 0 Å². The Morgan fingerprint density at radius 2 is 2.50 bits per heavy atom. The van der Waals surface area contributed by atoms with E-state index in [0.29, 0.717) is 4.05 Å². The lowest BCUT2D eigenvalue weighted by molar-refractivity contribution is 0.663. The van der Waals surface area contributed by atoms with Gasteiger partial charge >= 0.3 is 0 Å². The van der Waals surface area contributed by atoms with Crippen molar-refractivity contribution in [1.29, 1.82) is 0 Å². The first-order chi connectivity index (χ1) is 3.80. The third kappa shape index (κ3) is 1.18. The molecule has 0 aromatic carbocycles. The van der Waals surface area contributed by atoms with Gasteiger partial charge in [0.1, 0.15) is 16.7 Å². The summed E-state index contributed by atoms with van der Waals surface area (Å²) in [4.78, 5) is 3.79. The van der Waals surface area contributed by atoms with Crippen LogP contribution >= 0.6 is 22.6 Å². The summed E-state index contributed by atoms with van der Waals surface area (Å²) in [5, 5.41) is 3.91. The van der Waals surface area contributed by atoms with Gasteiger partial charge in [-0.05, 0) is 6.92 Å². The monoisotopic (exact) mass is 223 g/mol. The molecule has 0 bridgehead atoms. The van der Waals surface area contributed by atoms with Crippen molar-refractivity contribution in [1.82, 2.24) is 14.8 Å². The van der Waals surface area contributed by atoms with Crippen LogP contribution in [0.1, 0.15) is 11.0 Å². The minimum absolute atomic E-state index is 0.398. The van der Waals surface area contributed by atoms with Crippen LogP contribution in [0, 0.1) is 0 Å². The first-order valence-electron chi connectivity index (χ1n) is 2.29. The van der Waals surface area contributed by atoms with E-state index in [4.69, 9.17) is 0 Å². The molecule has 0 aliphatic rings. The highest BCUT2D eigenvalue weighted by Gasteiger charge is 1.94. The predicted molar refractivity (Wildman–Crippen MR) is 38.8 cm³/mol. The van der Waals surface area contributed by atoms with Crippen LogP contribution in [-0.2, 0) is 0 Å². The van der Waals surface area contributed by atoms with Crippen molar-refractivity contribution in [2.45, 2.75) is 11.0 Å². The fourth-order valence-corrected chi connectivity index (χ4v) is 0.689. The van der Waals surface area contributed by atoms with Gasteiger partial charge in [-0.1, -0.05) is 22.6 Å². The largest absolute Gasteiger partial charge is 0.240 e. The third-order valence-corrected chi connectivity index (χ3v) is 1.37. The Labute approximate surface area is 61.3 Å². The maximum absolute atomic E-state index is 3.91. The van der Waals surface area contributed by atoms with Crippen molar-refractivity contribution in [3.8, 4) is 0 Å². The summed E-state index contributed by atoms with van der Waals surface area (Å²) in [5.74, 6) is 0. The van der Waals surface area contributed by atoms with Crippen molar-refractivity contribution >= 4 is 22.6 Å².